The maximum absolute atomic E-state index is 9.29. The molecule has 2 atom stereocenters. The Kier molecular flexibility index (Phi) is 5.48. The Hall–Kier alpha value is -1.36. The van der Waals surface area contributed by atoms with Crippen molar-refractivity contribution in [2.75, 3.05) is 24.6 Å². The fraction of sp³-hybridized carbons (Fsp3) is 0.444. The third-order valence-corrected chi connectivity index (χ3v) is 5.05. The van der Waals surface area contributed by atoms with E-state index in [9.17, 15) is 5.11 Å². The van der Waals surface area contributed by atoms with Gasteiger partial charge in [-0.3, -0.25) is 0 Å². The molecular formula is C18H24N2OS. The van der Waals surface area contributed by atoms with Crippen molar-refractivity contribution in [1.82, 2.24) is 5.32 Å². The summed E-state index contributed by atoms with van der Waals surface area (Å²) >= 11 is 1.75. The van der Waals surface area contributed by atoms with Crippen molar-refractivity contribution >= 4 is 17.0 Å². The van der Waals surface area contributed by atoms with Crippen molar-refractivity contribution in [1.29, 1.82) is 0 Å². The summed E-state index contributed by atoms with van der Waals surface area (Å²) in [7, 11) is 0. The number of anilines is 1. The maximum Gasteiger partial charge on any atom is 0.0475 e. The van der Waals surface area contributed by atoms with Crippen LogP contribution >= 0.6 is 11.3 Å². The summed E-state index contributed by atoms with van der Waals surface area (Å²) in [4.78, 5) is 2.46. The Morgan fingerprint density at radius 2 is 2.05 bits per heavy atom. The largest absolute Gasteiger partial charge is 0.396 e. The van der Waals surface area contributed by atoms with Crippen LogP contribution in [0, 0.1) is 5.92 Å². The van der Waals surface area contributed by atoms with Crippen molar-refractivity contribution in [3.63, 3.8) is 0 Å². The number of aliphatic hydroxyl groups is 1. The number of thiophene rings is 1. The number of piperidine rings is 1. The van der Waals surface area contributed by atoms with Crippen LogP contribution in [-0.2, 0) is 6.54 Å². The minimum Gasteiger partial charge on any atom is -0.396 e. The van der Waals surface area contributed by atoms with Crippen molar-refractivity contribution in [3.05, 3.63) is 52.7 Å². The Morgan fingerprint density at radius 3 is 2.77 bits per heavy atom. The van der Waals surface area contributed by atoms with E-state index in [4.69, 9.17) is 0 Å². The fourth-order valence-corrected chi connectivity index (χ4v) is 3.91. The molecule has 2 heterocycles. The number of aliphatic hydroxyl groups excluding tert-OH is 1. The molecule has 118 valence electrons. The quantitative estimate of drug-likeness (QED) is 0.859. The van der Waals surface area contributed by atoms with Gasteiger partial charge in [-0.1, -0.05) is 30.3 Å². The first kappa shape index (κ1) is 15.5. The molecule has 0 spiro atoms. The highest BCUT2D eigenvalue weighted by molar-refractivity contribution is 7.08. The fourth-order valence-electron chi connectivity index (χ4n) is 3.25. The van der Waals surface area contributed by atoms with E-state index in [-0.39, 0.29) is 6.61 Å². The Bertz CT molecular complexity index is 543. The summed E-state index contributed by atoms with van der Waals surface area (Å²) in [6.45, 7) is 3.30. The van der Waals surface area contributed by atoms with Crippen LogP contribution in [0.5, 0.6) is 0 Å². The molecule has 22 heavy (non-hydrogen) atoms. The van der Waals surface area contributed by atoms with E-state index in [2.05, 4.69) is 57.4 Å². The van der Waals surface area contributed by atoms with Crippen LogP contribution in [0.1, 0.15) is 18.4 Å². The standard InChI is InChI=1S/C18H24N2OS/c21-8-6-16-10-17(19-11-15-4-2-1-3-5-15)13-20(12-16)18-7-9-22-14-18/h1-5,7,9,14,16-17,19,21H,6,8,10-13H2. The molecular weight excluding hydrogens is 292 g/mol. The van der Waals surface area contributed by atoms with Crippen molar-refractivity contribution < 1.29 is 5.11 Å². The first-order valence-electron chi connectivity index (χ1n) is 8.00. The molecule has 0 saturated carbocycles. The van der Waals surface area contributed by atoms with Gasteiger partial charge >= 0.3 is 0 Å². The first-order chi connectivity index (χ1) is 10.8. The lowest BCUT2D eigenvalue weighted by Crippen LogP contribution is -2.49. The van der Waals surface area contributed by atoms with Crippen LogP contribution in [0.15, 0.2) is 47.2 Å². The maximum atomic E-state index is 9.29. The molecule has 3 rings (SSSR count). The molecule has 1 fully saturated rings. The highest BCUT2D eigenvalue weighted by atomic mass is 32.1. The van der Waals surface area contributed by atoms with Crippen molar-refractivity contribution in [2.45, 2.75) is 25.4 Å². The monoisotopic (exact) mass is 316 g/mol. The van der Waals surface area contributed by atoms with Gasteiger partial charge in [-0.15, -0.1) is 0 Å². The first-order valence-corrected chi connectivity index (χ1v) is 8.94. The van der Waals surface area contributed by atoms with Crippen LogP contribution in [0.25, 0.3) is 0 Å². The lowest BCUT2D eigenvalue weighted by Gasteiger charge is -2.39. The molecule has 0 aliphatic carbocycles. The molecule has 1 aromatic carbocycles. The van der Waals surface area contributed by atoms with Crippen LogP contribution in [-0.4, -0.2) is 30.8 Å². The molecule has 1 aliphatic rings. The molecule has 2 N–H and O–H groups in total. The van der Waals surface area contributed by atoms with Crippen LogP contribution in [0.2, 0.25) is 0 Å². The number of nitrogens with zero attached hydrogens (tertiary/aromatic N) is 1. The van der Waals surface area contributed by atoms with E-state index in [0.717, 1.165) is 32.5 Å². The molecule has 0 amide bonds. The zero-order valence-corrected chi connectivity index (χ0v) is 13.6. The third kappa shape index (κ3) is 4.09. The highest BCUT2D eigenvalue weighted by Crippen LogP contribution is 2.27. The van der Waals surface area contributed by atoms with E-state index >= 15 is 0 Å². The van der Waals surface area contributed by atoms with Gasteiger partial charge in [0.05, 0.1) is 0 Å². The number of rotatable bonds is 6. The van der Waals surface area contributed by atoms with Gasteiger partial charge in [0.1, 0.15) is 0 Å². The van der Waals surface area contributed by atoms with Gasteiger partial charge in [0.25, 0.3) is 0 Å². The van der Waals surface area contributed by atoms with Gasteiger partial charge < -0.3 is 15.3 Å². The van der Waals surface area contributed by atoms with E-state index < -0.39 is 0 Å². The Labute approximate surface area is 136 Å². The van der Waals surface area contributed by atoms with Gasteiger partial charge in [0.15, 0.2) is 0 Å². The predicted octanol–water partition coefficient (Wildman–Crippen LogP) is 3.12. The number of benzene rings is 1. The zero-order valence-electron chi connectivity index (χ0n) is 12.8. The number of hydrogen-bond acceptors (Lipinski definition) is 4. The second-order valence-corrected chi connectivity index (χ2v) is 6.84. The molecule has 0 bridgehead atoms. The summed E-state index contributed by atoms with van der Waals surface area (Å²) < 4.78 is 0. The molecule has 4 heteroatoms. The molecule has 2 aromatic rings. The Morgan fingerprint density at radius 1 is 1.18 bits per heavy atom. The highest BCUT2D eigenvalue weighted by Gasteiger charge is 2.27. The van der Waals surface area contributed by atoms with Gasteiger partial charge in [-0.2, -0.15) is 11.3 Å². The van der Waals surface area contributed by atoms with Gasteiger partial charge in [0.2, 0.25) is 0 Å². The van der Waals surface area contributed by atoms with Crippen LogP contribution in [0.3, 0.4) is 0 Å². The minimum atomic E-state index is 0.285. The van der Waals surface area contributed by atoms with E-state index in [1.54, 1.807) is 11.3 Å². The molecule has 0 radical (unpaired) electrons. The van der Waals surface area contributed by atoms with Crippen molar-refractivity contribution in [2.24, 2.45) is 5.92 Å². The molecule has 1 saturated heterocycles. The summed E-state index contributed by atoms with van der Waals surface area (Å²) in [5.41, 5.74) is 2.65. The topological polar surface area (TPSA) is 35.5 Å². The normalized spacial score (nSPS) is 22.0. The lowest BCUT2D eigenvalue weighted by atomic mass is 9.91. The number of hydrogen-bond donors (Lipinski definition) is 2. The van der Waals surface area contributed by atoms with Gasteiger partial charge in [-0.25, -0.2) is 0 Å². The summed E-state index contributed by atoms with van der Waals surface area (Å²) in [6, 6.07) is 13.2. The minimum absolute atomic E-state index is 0.285. The third-order valence-electron chi connectivity index (χ3n) is 4.38. The SMILES string of the molecule is OCCC1CC(NCc2ccccc2)CN(c2ccsc2)C1. The second-order valence-electron chi connectivity index (χ2n) is 6.06. The molecule has 1 aromatic heterocycles. The van der Waals surface area contributed by atoms with Gasteiger partial charge in [-0.05, 0) is 35.8 Å². The van der Waals surface area contributed by atoms with E-state index in [0.29, 0.717) is 12.0 Å². The summed E-state index contributed by atoms with van der Waals surface area (Å²) in [5, 5.41) is 17.3. The molecule has 1 aliphatic heterocycles. The summed E-state index contributed by atoms with van der Waals surface area (Å²) in [6.07, 6.45) is 2.04. The molecule has 2 unspecified atom stereocenters. The van der Waals surface area contributed by atoms with Crippen LogP contribution in [0.4, 0.5) is 5.69 Å². The smallest absolute Gasteiger partial charge is 0.0475 e. The van der Waals surface area contributed by atoms with Crippen molar-refractivity contribution in [3.8, 4) is 0 Å². The Balaban J connectivity index is 1.62. The second kappa shape index (κ2) is 7.77. The van der Waals surface area contributed by atoms with Crippen LogP contribution < -0.4 is 10.2 Å². The predicted molar refractivity (Wildman–Crippen MR) is 93.4 cm³/mol. The van der Waals surface area contributed by atoms with E-state index in [1.165, 1.54) is 11.3 Å². The number of nitrogens with one attached hydrogen (secondary N) is 1. The average Bonchev–Trinajstić information content (AvgIpc) is 3.09. The van der Waals surface area contributed by atoms with E-state index in [1.807, 2.05) is 0 Å². The molecule has 3 nitrogen and oxygen atoms in total. The zero-order chi connectivity index (χ0) is 15.2. The average molecular weight is 316 g/mol. The van der Waals surface area contributed by atoms with Gasteiger partial charge in [0, 0.05) is 43.4 Å². The summed E-state index contributed by atoms with van der Waals surface area (Å²) in [5.74, 6) is 0.562. The lowest BCUT2D eigenvalue weighted by molar-refractivity contribution is 0.230.